The molecule has 0 fully saturated rings. The lowest BCUT2D eigenvalue weighted by molar-refractivity contribution is 1.18. The number of rotatable bonds is 4. The van der Waals surface area contributed by atoms with Crippen LogP contribution < -0.4 is 0 Å². The molecular formula is C51H39NS. The molecule has 0 bridgehead atoms. The van der Waals surface area contributed by atoms with Gasteiger partial charge in [0.25, 0.3) is 0 Å². The van der Waals surface area contributed by atoms with Gasteiger partial charge in [0.2, 0.25) is 0 Å². The third-order valence-electron chi connectivity index (χ3n) is 10.4. The Labute approximate surface area is 315 Å². The first-order valence-electron chi connectivity index (χ1n) is 18.3. The second kappa shape index (κ2) is 13.7. The smallest absolute Gasteiger partial charge is 0.0541 e. The second-order valence-corrected chi connectivity index (χ2v) is 15.0. The molecule has 0 aliphatic carbocycles. The van der Waals surface area contributed by atoms with Crippen molar-refractivity contribution in [3.8, 4) is 39.1 Å². The minimum absolute atomic E-state index is 1.19. The summed E-state index contributed by atoms with van der Waals surface area (Å²) in [5.74, 6) is 0. The molecule has 10 aromatic rings. The van der Waals surface area contributed by atoms with Gasteiger partial charge in [0.1, 0.15) is 0 Å². The van der Waals surface area contributed by atoms with Gasteiger partial charge in [0.15, 0.2) is 0 Å². The molecule has 10 rings (SSSR count). The molecule has 2 heteroatoms. The Hall–Kier alpha value is -6.22. The van der Waals surface area contributed by atoms with E-state index >= 15 is 0 Å². The van der Waals surface area contributed by atoms with Crippen molar-refractivity contribution in [3.05, 3.63) is 199 Å². The predicted octanol–water partition coefficient (Wildman–Crippen LogP) is 14.8. The number of benzene rings is 8. The summed E-state index contributed by atoms with van der Waals surface area (Å²) in [6, 6.07) is 65.6. The molecule has 2 heterocycles. The van der Waals surface area contributed by atoms with Crippen LogP contribution in [-0.4, -0.2) is 4.57 Å². The Balaban J connectivity index is 0.000000158. The molecule has 0 aliphatic rings. The van der Waals surface area contributed by atoms with Crippen molar-refractivity contribution < 1.29 is 0 Å². The van der Waals surface area contributed by atoms with Crippen molar-refractivity contribution in [2.75, 3.05) is 0 Å². The fraction of sp³-hybridized carbons (Fsp3) is 0.0588. The van der Waals surface area contributed by atoms with Crippen LogP contribution in [0.2, 0.25) is 0 Å². The van der Waals surface area contributed by atoms with Crippen molar-refractivity contribution in [1.82, 2.24) is 4.57 Å². The lowest BCUT2D eigenvalue weighted by Gasteiger charge is -2.12. The van der Waals surface area contributed by atoms with E-state index < -0.39 is 0 Å². The first-order chi connectivity index (χ1) is 26.0. The van der Waals surface area contributed by atoms with Gasteiger partial charge < -0.3 is 4.57 Å². The summed E-state index contributed by atoms with van der Waals surface area (Å²) in [6.45, 7) is 6.56. The maximum atomic E-state index is 2.36. The maximum Gasteiger partial charge on any atom is 0.0541 e. The summed E-state index contributed by atoms with van der Waals surface area (Å²) >= 11 is 1.89. The molecule has 8 aromatic carbocycles. The van der Waals surface area contributed by atoms with E-state index in [4.69, 9.17) is 0 Å². The molecule has 0 saturated carbocycles. The highest BCUT2D eigenvalue weighted by molar-refractivity contribution is 7.26. The van der Waals surface area contributed by atoms with Gasteiger partial charge in [-0.2, -0.15) is 0 Å². The zero-order valence-corrected chi connectivity index (χ0v) is 31.0. The van der Waals surface area contributed by atoms with E-state index in [0.717, 1.165) is 0 Å². The number of nitrogens with zero attached hydrogens (tertiary/aromatic N) is 1. The Kier molecular flexibility index (Phi) is 8.46. The van der Waals surface area contributed by atoms with Crippen LogP contribution in [0, 0.1) is 20.8 Å². The van der Waals surface area contributed by atoms with Crippen LogP contribution in [0.1, 0.15) is 16.7 Å². The highest BCUT2D eigenvalue weighted by atomic mass is 32.1. The highest BCUT2D eigenvalue weighted by Gasteiger charge is 2.14. The summed E-state index contributed by atoms with van der Waals surface area (Å²) in [4.78, 5) is 0. The molecule has 1 nitrogen and oxygen atoms in total. The van der Waals surface area contributed by atoms with Crippen molar-refractivity contribution >= 4 is 53.3 Å². The molecule has 0 N–H and O–H groups in total. The van der Waals surface area contributed by atoms with Gasteiger partial charge in [0.05, 0.1) is 11.0 Å². The lowest BCUT2D eigenvalue weighted by Crippen LogP contribution is -1.93. The molecular weight excluding hydrogens is 659 g/mol. The number of hydrogen-bond donors (Lipinski definition) is 0. The number of aryl methyl sites for hydroxylation is 3. The molecule has 254 valence electrons. The third-order valence-corrected chi connectivity index (χ3v) is 11.6. The molecule has 0 unspecified atom stereocenters. The number of fused-ring (bicyclic) bond motifs is 6. The topological polar surface area (TPSA) is 4.93 Å². The monoisotopic (exact) mass is 697 g/mol. The van der Waals surface area contributed by atoms with Crippen molar-refractivity contribution in [2.45, 2.75) is 20.8 Å². The van der Waals surface area contributed by atoms with Gasteiger partial charge in [-0.1, -0.05) is 127 Å². The normalized spacial score (nSPS) is 11.3. The second-order valence-electron chi connectivity index (χ2n) is 13.9. The van der Waals surface area contributed by atoms with Crippen LogP contribution >= 0.6 is 11.3 Å². The number of para-hydroxylation sites is 2. The third kappa shape index (κ3) is 6.02. The van der Waals surface area contributed by atoms with Gasteiger partial charge in [-0.15, -0.1) is 11.3 Å². The van der Waals surface area contributed by atoms with E-state index in [1.54, 1.807) is 0 Å². The van der Waals surface area contributed by atoms with E-state index in [-0.39, 0.29) is 0 Å². The SMILES string of the molecule is Cc1cc(-c2ccccc2)c2sc3ccccc3c2c1.Cc1ccccc1-c1cc(-c2ccc3c(c2)c2ccccc2n3-c2ccccc2)ccc1C. The Morgan fingerprint density at radius 2 is 1.00 bits per heavy atom. The first-order valence-corrected chi connectivity index (χ1v) is 19.1. The minimum Gasteiger partial charge on any atom is -0.309 e. The van der Waals surface area contributed by atoms with Crippen molar-refractivity contribution in [2.24, 2.45) is 0 Å². The molecule has 0 atom stereocenters. The van der Waals surface area contributed by atoms with Gasteiger partial charge >= 0.3 is 0 Å². The van der Waals surface area contributed by atoms with Gasteiger partial charge in [-0.05, 0) is 125 Å². The largest absolute Gasteiger partial charge is 0.309 e. The van der Waals surface area contributed by atoms with E-state index in [1.807, 2.05) is 11.3 Å². The maximum absolute atomic E-state index is 2.36. The van der Waals surface area contributed by atoms with Crippen LogP contribution in [0.4, 0.5) is 0 Å². The summed E-state index contributed by atoms with van der Waals surface area (Å²) in [5.41, 5.74) is 15.3. The number of aromatic nitrogens is 1. The Morgan fingerprint density at radius 1 is 0.377 bits per heavy atom. The van der Waals surface area contributed by atoms with Crippen LogP contribution in [0.25, 0.3) is 81.0 Å². The Bertz CT molecular complexity index is 2910. The van der Waals surface area contributed by atoms with E-state index in [2.05, 4.69) is 207 Å². The molecule has 0 radical (unpaired) electrons. The molecule has 2 aromatic heterocycles. The molecule has 53 heavy (non-hydrogen) atoms. The summed E-state index contributed by atoms with van der Waals surface area (Å²) in [5, 5.41) is 5.31. The van der Waals surface area contributed by atoms with Gasteiger partial charge in [-0.3, -0.25) is 0 Å². The fourth-order valence-corrected chi connectivity index (χ4v) is 9.00. The van der Waals surface area contributed by atoms with Gasteiger partial charge in [-0.25, -0.2) is 0 Å². The zero-order valence-electron chi connectivity index (χ0n) is 30.2. The quantitative estimate of drug-likeness (QED) is 0.173. The van der Waals surface area contributed by atoms with Crippen LogP contribution in [0.5, 0.6) is 0 Å². The predicted molar refractivity (Wildman–Crippen MR) is 231 cm³/mol. The zero-order chi connectivity index (χ0) is 35.9. The fourth-order valence-electron chi connectivity index (χ4n) is 7.78. The summed E-state index contributed by atoms with van der Waals surface area (Å²) in [6.07, 6.45) is 0. The standard InChI is InChI=1S/C32H25N.C19H14S/c1-22-10-6-7-13-27(22)29-20-24(17-16-23(29)2)25-18-19-32-30(21-25)28-14-8-9-15-31(28)33(32)26-11-4-3-5-12-26;1-13-11-16(14-7-3-2-4-8-14)19-17(12-13)15-9-5-6-10-18(15)20-19/h3-21H,1-2H3;2-12H,1H3. The number of hydrogen-bond acceptors (Lipinski definition) is 1. The van der Waals surface area contributed by atoms with Crippen LogP contribution in [0.15, 0.2) is 182 Å². The van der Waals surface area contributed by atoms with E-state index in [1.165, 1.54) is 97.7 Å². The lowest BCUT2D eigenvalue weighted by atomic mass is 9.92. The molecule has 0 amide bonds. The van der Waals surface area contributed by atoms with E-state index in [0.29, 0.717) is 0 Å². The molecule has 0 spiro atoms. The molecule has 0 saturated heterocycles. The number of thiophene rings is 1. The summed E-state index contributed by atoms with van der Waals surface area (Å²) in [7, 11) is 0. The van der Waals surface area contributed by atoms with Crippen LogP contribution in [-0.2, 0) is 0 Å². The van der Waals surface area contributed by atoms with Gasteiger partial charge in [0, 0.05) is 36.6 Å². The molecule has 0 aliphatic heterocycles. The average Bonchev–Trinajstić information content (AvgIpc) is 3.74. The Morgan fingerprint density at radius 3 is 1.81 bits per heavy atom. The summed E-state index contributed by atoms with van der Waals surface area (Å²) < 4.78 is 5.12. The highest BCUT2D eigenvalue weighted by Crippen LogP contribution is 2.41. The first kappa shape index (κ1) is 32.7. The minimum atomic E-state index is 1.19. The van der Waals surface area contributed by atoms with E-state index in [9.17, 15) is 0 Å². The van der Waals surface area contributed by atoms with Crippen molar-refractivity contribution in [1.29, 1.82) is 0 Å². The van der Waals surface area contributed by atoms with Crippen LogP contribution in [0.3, 0.4) is 0 Å². The van der Waals surface area contributed by atoms with Crippen molar-refractivity contribution in [3.63, 3.8) is 0 Å². The average molecular weight is 698 g/mol.